The molecule has 3 nitrogen and oxygen atoms in total. The Kier molecular flexibility index (Phi) is 3.01. The van der Waals surface area contributed by atoms with E-state index in [2.05, 4.69) is 0 Å². The van der Waals surface area contributed by atoms with Crippen LogP contribution in [-0.2, 0) is 9.53 Å². The van der Waals surface area contributed by atoms with Crippen molar-refractivity contribution < 1.29 is 14.3 Å². The monoisotopic (exact) mass is 246 g/mol. The van der Waals surface area contributed by atoms with Crippen LogP contribution in [0.5, 0.6) is 0 Å². The Labute approximate surface area is 107 Å². The number of Topliss-reactive ketones (excluding diaryl/α,β-unsaturated/α-hetero) is 1. The van der Waals surface area contributed by atoms with Crippen molar-refractivity contribution in [3.8, 4) is 0 Å². The number of esters is 1. The van der Waals surface area contributed by atoms with Crippen LogP contribution in [0.3, 0.4) is 0 Å². The molecule has 1 aliphatic carbocycles. The highest BCUT2D eigenvalue weighted by atomic mass is 16.5. The van der Waals surface area contributed by atoms with Crippen molar-refractivity contribution in [2.75, 3.05) is 7.11 Å². The number of carbonyl (C=O) groups excluding carboxylic acids is 2. The summed E-state index contributed by atoms with van der Waals surface area (Å²) in [5, 5.41) is 0. The Morgan fingerprint density at radius 2 is 1.61 bits per heavy atom. The summed E-state index contributed by atoms with van der Waals surface area (Å²) in [6, 6.07) is 3.96. The van der Waals surface area contributed by atoms with Crippen LogP contribution in [0.25, 0.3) is 0 Å². The molecule has 0 heterocycles. The minimum atomic E-state index is -0.903. The van der Waals surface area contributed by atoms with Crippen LogP contribution >= 0.6 is 0 Å². The standard InChI is InChI=1S/C15H18O3/c1-9-7-10(2)12(11(3)8-9)13(16)15(5-6-15)14(17)18-4/h7-8H,5-6H2,1-4H3. The molecule has 1 fully saturated rings. The molecular weight excluding hydrogens is 228 g/mol. The SMILES string of the molecule is COC(=O)C1(C(=O)c2c(C)cc(C)cc2C)CC1. The third-order valence-corrected chi connectivity index (χ3v) is 3.66. The molecule has 1 aromatic rings. The van der Waals surface area contributed by atoms with Gasteiger partial charge in [0.1, 0.15) is 5.41 Å². The molecular formula is C15H18O3. The second-order valence-corrected chi connectivity index (χ2v) is 5.18. The number of hydrogen-bond acceptors (Lipinski definition) is 3. The maximum Gasteiger partial charge on any atom is 0.319 e. The van der Waals surface area contributed by atoms with Crippen LogP contribution in [0.4, 0.5) is 0 Å². The number of ketones is 1. The van der Waals surface area contributed by atoms with Crippen molar-refractivity contribution in [2.24, 2.45) is 5.41 Å². The zero-order chi connectivity index (χ0) is 13.5. The minimum Gasteiger partial charge on any atom is -0.468 e. The Bertz CT molecular complexity index is 502. The summed E-state index contributed by atoms with van der Waals surface area (Å²) < 4.78 is 4.76. The predicted octanol–water partition coefficient (Wildman–Crippen LogP) is 2.75. The van der Waals surface area contributed by atoms with Gasteiger partial charge in [-0.2, -0.15) is 0 Å². The Hall–Kier alpha value is -1.64. The van der Waals surface area contributed by atoms with Crippen molar-refractivity contribution in [3.63, 3.8) is 0 Å². The van der Waals surface area contributed by atoms with Gasteiger partial charge in [-0.05, 0) is 44.7 Å². The molecule has 0 saturated heterocycles. The van der Waals surface area contributed by atoms with Crippen LogP contribution in [0.2, 0.25) is 0 Å². The van der Waals surface area contributed by atoms with Gasteiger partial charge in [-0.25, -0.2) is 0 Å². The van der Waals surface area contributed by atoms with E-state index < -0.39 is 11.4 Å². The molecule has 0 aliphatic heterocycles. The molecule has 96 valence electrons. The van der Waals surface area contributed by atoms with Crippen LogP contribution in [0.15, 0.2) is 12.1 Å². The summed E-state index contributed by atoms with van der Waals surface area (Å²) in [7, 11) is 1.34. The van der Waals surface area contributed by atoms with Crippen LogP contribution in [0, 0.1) is 26.2 Å². The van der Waals surface area contributed by atoms with Gasteiger partial charge in [-0.1, -0.05) is 17.7 Å². The predicted molar refractivity (Wildman–Crippen MR) is 68.7 cm³/mol. The highest BCUT2D eigenvalue weighted by Crippen LogP contribution is 2.50. The van der Waals surface area contributed by atoms with Crippen molar-refractivity contribution in [3.05, 3.63) is 34.4 Å². The number of carbonyl (C=O) groups is 2. The number of hydrogen-bond donors (Lipinski definition) is 0. The Morgan fingerprint density at radius 3 is 2.00 bits per heavy atom. The molecule has 3 heteroatoms. The molecule has 0 amide bonds. The lowest BCUT2D eigenvalue weighted by atomic mass is 9.88. The highest BCUT2D eigenvalue weighted by Gasteiger charge is 2.58. The van der Waals surface area contributed by atoms with Crippen molar-refractivity contribution in [1.82, 2.24) is 0 Å². The van der Waals surface area contributed by atoms with Gasteiger partial charge >= 0.3 is 5.97 Å². The summed E-state index contributed by atoms with van der Waals surface area (Å²) >= 11 is 0. The lowest BCUT2D eigenvalue weighted by Gasteiger charge is -2.16. The zero-order valence-corrected chi connectivity index (χ0v) is 11.3. The second kappa shape index (κ2) is 4.23. The molecule has 0 atom stereocenters. The van der Waals surface area contributed by atoms with E-state index in [0.717, 1.165) is 16.7 Å². The van der Waals surface area contributed by atoms with E-state index in [1.54, 1.807) is 0 Å². The summed E-state index contributed by atoms with van der Waals surface area (Å²) in [4.78, 5) is 24.3. The third kappa shape index (κ3) is 1.84. The summed E-state index contributed by atoms with van der Waals surface area (Å²) in [5.41, 5.74) is 2.79. The van der Waals surface area contributed by atoms with E-state index in [-0.39, 0.29) is 5.78 Å². The largest absolute Gasteiger partial charge is 0.468 e. The van der Waals surface area contributed by atoms with Crippen molar-refractivity contribution in [1.29, 1.82) is 0 Å². The number of ether oxygens (including phenoxy) is 1. The van der Waals surface area contributed by atoms with E-state index in [9.17, 15) is 9.59 Å². The summed E-state index contributed by atoms with van der Waals surface area (Å²) in [5.74, 6) is -0.476. The number of aryl methyl sites for hydroxylation is 3. The van der Waals surface area contributed by atoms with Crippen LogP contribution in [-0.4, -0.2) is 18.9 Å². The molecule has 0 bridgehead atoms. The van der Waals surface area contributed by atoms with Gasteiger partial charge in [0.25, 0.3) is 0 Å². The van der Waals surface area contributed by atoms with Crippen molar-refractivity contribution in [2.45, 2.75) is 33.6 Å². The van der Waals surface area contributed by atoms with Crippen molar-refractivity contribution >= 4 is 11.8 Å². The average Bonchev–Trinajstić information content (AvgIpc) is 3.07. The van der Waals surface area contributed by atoms with E-state index in [1.807, 2.05) is 32.9 Å². The van der Waals surface area contributed by atoms with Gasteiger partial charge in [0.2, 0.25) is 0 Å². The Balaban J connectivity index is 2.45. The number of methoxy groups -OCH3 is 1. The molecule has 0 spiro atoms. The lowest BCUT2D eigenvalue weighted by molar-refractivity contribution is -0.145. The van der Waals surface area contributed by atoms with E-state index in [1.165, 1.54) is 7.11 Å². The van der Waals surface area contributed by atoms with Crippen LogP contribution < -0.4 is 0 Å². The fourth-order valence-corrected chi connectivity index (χ4v) is 2.62. The summed E-state index contributed by atoms with van der Waals surface area (Å²) in [6.07, 6.45) is 1.20. The topological polar surface area (TPSA) is 43.4 Å². The smallest absolute Gasteiger partial charge is 0.319 e. The average molecular weight is 246 g/mol. The minimum absolute atomic E-state index is 0.0793. The van der Waals surface area contributed by atoms with Crippen LogP contribution in [0.1, 0.15) is 39.9 Å². The van der Waals surface area contributed by atoms with Gasteiger partial charge in [-0.15, -0.1) is 0 Å². The van der Waals surface area contributed by atoms with Gasteiger partial charge < -0.3 is 4.74 Å². The normalized spacial score (nSPS) is 16.2. The number of rotatable bonds is 3. The maximum absolute atomic E-state index is 12.6. The molecule has 0 N–H and O–H groups in total. The third-order valence-electron chi connectivity index (χ3n) is 3.66. The first kappa shape index (κ1) is 12.8. The fraction of sp³-hybridized carbons (Fsp3) is 0.467. The van der Waals surface area contributed by atoms with E-state index in [0.29, 0.717) is 18.4 Å². The van der Waals surface area contributed by atoms with E-state index in [4.69, 9.17) is 4.74 Å². The molecule has 1 aromatic carbocycles. The maximum atomic E-state index is 12.6. The summed E-state index contributed by atoms with van der Waals surface area (Å²) in [6.45, 7) is 5.84. The molecule has 18 heavy (non-hydrogen) atoms. The quantitative estimate of drug-likeness (QED) is 0.468. The molecule has 0 radical (unpaired) electrons. The molecule has 0 aromatic heterocycles. The molecule has 1 aliphatic rings. The highest BCUT2D eigenvalue weighted by molar-refractivity contribution is 6.16. The second-order valence-electron chi connectivity index (χ2n) is 5.18. The van der Waals surface area contributed by atoms with Gasteiger partial charge in [-0.3, -0.25) is 9.59 Å². The zero-order valence-electron chi connectivity index (χ0n) is 11.3. The first-order valence-electron chi connectivity index (χ1n) is 6.13. The first-order valence-corrected chi connectivity index (χ1v) is 6.13. The molecule has 0 unspecified atom stereocenters. The van der Waals surface area contributed by atoms with Gasteiger partial charge in [0.15, 0.2) is 5.78 Å². The Morgan fingerprint density at radius 1 is 1.11 bits per heavy atom. The molecule has 1 saturated carbocycles. The number of benzene rings is 1. The van der Waals surface area contributed by atoms with Gasteiger partial charge in [0.05, 0.1) is 7.11 Å². The lowest BCUT2D eigenvalue weighted by Crippen LogP contribution is -2.28. The fourth-order valence-electron chi connectivity index (χ4n) is 2.62. The first-order chi connectivity index (χ1) is 8.42. The molecule has 2 rings (SSSR count). The van der Waals surface area contributed by atoms with Gasteiger partial charge in [0, 0.05) is 5.56 Å². The van der Waals surface area contributed by atoms with E-state index >= 15 is 0 Å².